The van der Waals surface area contributed by atoms with E-state index >= 15 is 0 Å². The molecule has 0 rings (SSSR count). The van der Waals surface area contributed by atoms with Crippen LogP contribution in [0, 0.1) is 5.92 Å². The van der Waals surface area contributed by atoms with Gasteiger partial charge in [0.15, 0.2) is 0 Å². The molecule has 0 aromatic rings. The second kappa shape index (κ2) is 7.32. The molecule has 0 aliphatic rings. The topological polar surface area (TPSA) is 82.7 Å². The van der Waals surface area contributed by atoms with Crippen molar-refractivity contribution in [2.75, 3.05) is 0 Å². The van der Waals surface area contributed by atoms with Gasteiger partial charge in [-0.25, -0.2) is 0 Å². The molecule has 0 aromatic heterocycles. The molecule has 0 unspecified atom stereocenters. The van der Waals surface area contributed by atoms with Gasteiger partial charge in [-0.15, -0.1) is 0 Å². The molecular weight excluding hydrogens is 244 g/mol. The molecule has 5 heteroatoms. The van der Waals surface area contributed by atoms with Crippen LogP contribution in [0.25, 0.3) is 0 Å². The molecule has 70 valence electrons. The summed E-state index contributed by atoms with van der Waals surface area (Å²) in [6.07, 6.45) is 0. The first-order chi connectivity index (χ1) is 4.46. The summed E-state index contributed by atoms with van der Waals surface area (Å²) in [5.74, 6) is -2.15. The van der Waals surface area contributed by atoms with Crippen LogP contribution in [-0.4, -0.2) is 22.8 Å². The predicted octanol–water partition coefficient (Wildman–Crippen LogP) is -0.458. The Morgan fingerprint density at radius 3 is 1.00 bits per heavy atom. The second-order valence-corrected chi connectivity index (χ2v) is 2.26. The Balaban J connectivity index is -0.000000405. The van der Waals surface area contributed by atoms with E-state index in [0.29, 0.717) is 0 Å². The molecule has 4 nitrogen and oxygen atoms in total. The first kappa shape index (κ1) is 17.7. The smallest absolute Gasteiger partial charge is 0.147 e. The summed E-state index contributed by atoms with van der Waals surface area (Å²) in [5, 5.41) is 0. The van der Waals surface area contributed by atoms with Gasteiger partial charge in [0.05, 0.1) is 0 Å². The summed E-state index contributed by atoms with van der Waals surface area (Å²) in [6, 6.07) is 0. The van der Waals surface area contributed by atoms with Gasteiger partial charge in [-0.3, -0.25) is 14.4 Å². The van der Waals surface area contributed by atoms with Crippen molar-refractivity contribution in [1.29, 1.82) is 0 Å². The Bertz CT molecular complexity index is 155. The Hall–Kier alpha value is -0.342. The molecule has 0 heterocycles. The third-order valence-electron chi connectivity index (χ3n) is 1.22. The van der Waals surface area contributed by atoms with E-state index in [2.05, 4.69) is 0 Å². The monoisotopic (exact) mass is 258 g/mol. The fraction of sp³-hybridized carbons (Fsp3) is 0.571. The number of rotatable bonds is 3. The molecule has 0 fully saturated rings. The fourth-order valence-electron chi connectivity index (χ4n) is 0.859. The molecule has 2 N–H and O–H groups in total. The minimum absolute atomic E-state index is 0. The van der Waals surface area contributed by atoms with Crippen LogP contribution >= 0.6 is 0 Å². The van der Waals surface area contributed by atoms with Gasteiger partial charge in [0.25, 0.3) is 0 Å². The SMILES string of the molecule is CC(=O)C(C(C)=O)C(C)=O.O.[Mo]. The van der Waals surface area contributed by atoms with E-state index in [-0.39, 0.29) is 43.9 Å². The maximum Gasteiger partial charge on any atom is 0.147 e. The van der Waals surface area contributed by atoms with Gasteiger partial charge in [0.1, 0.15) is 23.3 Å². The van der Waals surface area contributed by atoms with E-state index in [4.69, 9.17) is 0 Å². The Kier molecular flexibility index (Phi) is 10.8. The number of hydrogen-bond donors (Lipinski definition) is 0. The molecule has 0 bridgehead atoms. The van der Waals surface area contributed by atoms with Crippen molar-refractivity contribution in [2.24, 2.45) is 5.92 Å². The molecule has 0 spiro atoms. The van der Waals surface area contributed by atoms with E-state index in [1.54, 1.807) is 0 Å². The van der Waals surface area contributed by atoms with Gasteiger partial charge in [0, 0.05) is 21.1 Å². The fourth-order valence-corrected chi connectivity index (χ4v) is 0.859. The summed E-state index contributed by atoms with van der Waals surface area (Å²) in [7, 11) is 0. The van der Waals surface area contributed by atoms with Crippen LogP contribution in [0.4, 0.5) is 0 Å². The van der Waals surface area contributed by atoms with E-state index in [1.165, 1.54) is 20.8 Å². The van der Waals surface area contributed by atoms with Crippen molar-refractivity contribution < 1.29 is 40.9 Å². The van der Waals surface area contributed by atoms with Crippen LogP contribution in [0.1, 0.15) is 20.8 Å². The van der Waals surface area contributed by atoms with E-state index in [1.807, 2.05) is 0 Å². The first-order valence-electron chi connectivity index (χ1n) is 2.98. The molecule has 0 atom stereocenters. The summed E-state index contributed by atoms with van der Waals surface area (Å²) < 4.78 is 0. The van der Waals surface area contributed by atoms with Crippen molar-refractivity contribution in [1.82, 2.24) is 0 Å². The van der Waals surface area contributed by atoms with Crippen molar-refractivity contribution in [3.63, 3.8) is 0 Å². The Morgan fingerprint density at radius 1 is 0.833 bits per heavy atom. The molecule has 0 saturated carbocycles. The van der Waals surface area contributed by atoms with Crippen LogP contribution in [-0.2, 0) is 35.4 Å². The van der Waals surface area contributed by atoms with Gasteiger partial charge in [-0.2, -0.15) is 0 Å². The van der Waals surface area contributed by atoms with Gasteiger partial charge in [0.2, 0.25) is 0 Å². The summed E-state index contributed by atoms with van der Waals surface area (Å²) in [6.45, 7) is 3.73. The van der Waals surface area contributed by atoms with Crippen molar-refractivity contribution in [2.45, 2.75) is 20.8 Å². The van der Waals surface area contributed by atoms with Crippen molar-refractivity contribution in [3.05, 3.63) is 0 Å². The molecule has 12 heavy (non-hydrogen) atoms. The second-order valence-electron chi connectivity index (χ2n) is 2.26. The normalized spacial score (nSPS) is 8.00. The first-order valence-corrected chi connectivity index (χ1v) is 2.98. The average Bonchev–Trinajstić information content (AvgIpc) is 1.59. The van der Waals surface area contributed by atoms with Crippen LogP contribution in [0.3, 0.4) is 0 Å². The zero-order valence-electron chi connectivity index (χ0n) is 7.21. The van der Waals surface area contributed by atoms with Crippen LogP contribution in [0.2, 0.25) is 0 Å². The molecule has 0 aromatic carbocycles. The molecular formula is C7H12MoO4. The van der Waals surface area contributed by atoms with E-state index in [9.17, 15) is 14.4 Å². The van der Waals surface area contributed by atoms with Crippen molar-refractivity contribution >= 4 is 17.3 Å². The van der Waals surface area contributed by atoms with E-state index < -0.39 is 5.92 Å². The quantitative estimate of drug-likeness (QED) is 0.506. The third-order valence-corrected chi connectivity index (χ3v) is 1.22. The number of ketones is 3. The van der Waals surface area contributed by atoms with Crippen molar-refractivity contribution in [3.8, 4) is 0 Å². The van der Waals surface area contributed by atoms with E-state index in [0.717, 1.165) is 0 Å². The maximum absolute atomic E-state index is 10.6. The molecule has 0 aliphatic heterocycles. The molecule has 0 amide bonds. The number of carbonyl (C=O) groups is 3. The minimum atomic E-state index is -1.03. The van der Waals surface area contributed by atoms with Gasteiger partial charge < -0.3 is 5.48 Å². The Labute approximate surface area is 85.3 Å². The van der Waals surface area contributed by atoms with Gasteiger partial charge >= 0.3 is 0 Å². The predicted molar refractivity (Wildman–Crippen MR) is 39.1 cm³/mol. The summed E-state index contributed by atoms with van der Waals surface area (Å²) in [4.78, 5) is 31.8. The van der Waals surface area contributed by atoms with Crippen LogP contribution in [0.5, 0.6) is 0 Å². The summed E-state index contributed by atoms with van der Waals surface area (Å²) >= 11 is 0. The van der Waals surface area contributed by atoms with Gasteiger partial charge in [-0.1, -0.05) is 0 Å². The number of carbonyl (C=O) groups excluding carboxylic acids is 3. The third kappa shape index (κ3) is 5.33. The number of Topliss-reactive ketones (excluding diaryl/α,β-unsaturated/α-hetero) is 3. The molecule has 0 radical (unpaired) electrons. The average molecular weight is 256 g/mol. The largest absolute Gasteiger partial charge is 0.412 e. The summed E-state index contributed by atoms with van der Waals surface area (Å²) in [5.41, 5.74) is 0. The zero-order chi connectivity index (χ0) is 8.31. The standard InChI is InChI=1S/C7H10O3.Mo.H2O/c1-4(8)7(5(2)9)6(3)10;;/h7H,1-3H3;;1H2. The minimum Gasteiger partial charge on any atom is -0.412 e. The molecule has 0 saturated heterocycles. The van der Waals surface area contributed by atoms with Crippen LogP contribution in [0.15, 0.2) is 0 Å². The van der Waals surface area contributed by atoms with Gasteiger partial charge in [-0.05, 0) is 20.8 Å². The molecule has 0 aliphatic carbocycles. The van der Waals surface area contributed by atoms with Crippen LogP contribution < -0.4 is 0 Å². The Morgan fingerprint density at radius 2 is 1.00 bits per heavy atom. The number of hydrogen-bond acceptors (Lipinski definition) is 3. The zero-order valence-corrected chi connectivity index (χ0v) is 9.22. The maximum atomic E-state index is 10.6.